The average Bonchev–Trinajstić information content (AvgIpc) is 2.68. The number of amides is 1. The number of Topliss-reactive ketones (excluding diaryl/α,β-unsaturated/α-hetero) is 1. The second-order valence-electron chi connectivity index (χ2n) is 6.71. The number of pyridine rings is 1. The number of halogens is 1. The van der Waals surface area contributed by atoms with Crippen LogP contribution in [0.5, 0.6) is 0 Å². The van der Waals surface area contributed by atoms with Crippen LogP contribution >= 0.6 is 11.6 Å². The van der Waals surface area contributed by atoms with Crippen LogP contribution in [0.25, 0.3) is 0 Å². The van der Waals surface area contributed by atoms with E-state index in [-0.39, 0.29) is 28.5 Å². The summed E-state index contributed by atoms with van der Waals surface area (Å²) in [5.41, 5.74) is 0.555. The van der Waals surface area contributed by atoms with Gasteiger partial charge in [-0.15, -0.1) is 0 Å². The average molecular weight is 402 g/mol. The van der Waals surface area contributed by atoms with Gasteiger partial charge in [0, 0.05) is 19.0 Å². The van der Waals surface area contributed by atoms with Crippen molar-refractivity contribution in [1.82, 2.24) is 4.98 Å². The fourth-order valence-electron chi connectivity index (χ4n) is 3.28. The lowest BCUT2D eigenvalue weighted by atomic mass is 9.93. The highest BCUT2D eigenvalue weighted by molar-refractivity contribution is 6.34. The molecule has 1 fully saturated rings. The van der Waals surface area contributed by atoms with Crippen LogP contribution < -0.4 is 10.2 Å². The van der Waals surface area contributed by atoms with Crippen molar-refractivity contribution in [3.8, 4) is 0 Å². The van der Waals surface area contributed by atoms with Crippen molar-refractivity contribution in [3.05, 3.63) is 52.7 Å². The van der Waals surface area contributed by atoms with E-state index in [1.807, 2.05) is 4.90 Å². The lowest BCUT2D eigenvalue weighted by Gasteiger charge is -2.32. The van der Waals surface area contributed by atoms with Gasteiger partial charge in [-0.25, -0.2) is 9.78 Å². The molecule has 0 aliphatic carbocycles. The number of piperidine rings is 1. The zero-order valence-electron chi connectivity index (χ0n) is 15.3. The molecule has 8 heteroatoms. The molecule has 3 rings (SSSR count). The molecule has 0 unspecified atom stereocenters. The Morgan fingerprint density at radius 3 is 2.46 bits per heavy atom. The van der Waals surface area contributed by atoms with Crippen molar-refractivity contribution in [3.63, 3.8) is 0 Å². The number of rotatable bonds is 5. The van der Waals surface area contributed by atoms with Crippen LogP contribution in [-0.4, -0.2) is 40.8 Å². The van der Waals surface area contributed by atoms with Crippen molar-refractivity contribution in [2.45, 2.75) is 19.8 Å². The molecule has 1 aliphatic heterocycles. The molecule has 0 bridgehead atoms. The zero-order valence-corrected chi connectivity index (χ0v) is 16.1. The SMILES string of the molecule is CC(=O)C1CCN(c2ncc(NC(=O)c3ccccc3Cl)cc2C(=O)O)CC1. The third-order valence-electron chi connectivity index (χ3n) is 4.84. The number of carboxylic acid groups (broad SMARTS) is 1. The topological polar surface area (TPSA) is 99.6 Å². The van der Waals surface area contributed by atoms with Gasteiger partial charge < -0.3 is 15.3 Å². The summed E-state index contributed by atoms with van der Waals surface area (Å²) in [7, 11) is 0. The number of ketones is 1. The number of hydrogen-bond donors (Lipinski definition) is 2. The van der Waals surface area contributed by atoms with Crippen LogP contribution in [0, 0.1) is 5.92 Å². The van der Waals surface area contributed by atoms with Crippen molar-refractivity contribution in [2.75, 3.05) is 23.3 Å². The first-order valence-electron chi connectivity index (χ1n) is 8.91. The van der Waals surface area contributed by atoms with Crippen LogP contribution in [0.2, 0.25) is 5.02 Å². The Morgan fingerprint density at radius 1 is 1.18 bits per heavy atom. The van der Waals surface area contributed by atoms with Crippen LogP contribution in [-0.2, 0) is 4.79 Å². The van der Waals surface area contributed by atoms with Gasteiger partial charge in [-0.2, -0.15) is 0 Å². The molecule has 1 saturated heterocycles. The highest BCUT2D eigenvalue weighted by Crippen LogP contribution is 2.27. The zero-order chi connectivity index (χ0) is 20.3. The summed E-state index contributed by atoms with van der Waals surface area (Å²) >= 11 is 6.03. The maximum atomic E-state index is 12.4. The summed E-state index contributed by atoms with van der Waals surface area (Å²) in [4.78, 5) is 41.8. The second kappa shape index (κ2) is 8.39. The van der Waals surface area contributed by atoms with Crippen LogP contribution in [0.4, 0.5) is 11.5 Å². The first kappa shape index (κ1) is 19.8. The maximum Gasteiger partial charge on any atom is 0.339 e. The highest BCUT2D eigenvalue weighted by Gasteiger charge is 2.26. The molecule has 0 radical (unpaired) electrons. The lowest BCUT2D eigenvalue weighted by molar-refractivity contribution is -0.121. The van der Waals surface area contributed by atoms with Gasteiger partial charge in [0.1, 0.15) is 17.2 Å². The van der Waals surface area contributed by atoms with E-state index < -0.39 is 11.9 Å². The number of aromatic carboxylic acids is 1. The van der Waals surface area contributed by atoms with Crippen molar-refractivity contribution >= 4 is 40.8 Å². The van der Waals surface area contributed by atoms with E-state index in [2.05, 4.69) is 10.3 Å². The Bertz CT molecular complexity index is 923. The number of benzene rings is 1. The molecule has 0 saturated carbocycles. The molecule has 1 aromatic carbocycles. The highest BCUT2D eigenvalue weighted by atomic mass is 35.5. The van der Waals surface area contributed by atoms with Gasteiger partial charge in [0.25, 0.3) is 5.91 Å². The molecule has 146 valence electrons. The summed E-state index contributed by atoms with van der Waals surface area (Å²) < 4.78 is 0. The number of hydrogen-bond acceptors (Lipinski definition) is 5. The van der Waals surface area contributed by atoms with E-state index in [4.69, 9.17) is 11.6 Å². The molecule has 0 atom stereocenters. The fourth-order valence-corrected chi connectivity index (χ4v) is 3.50. The monoisotopic (exact) mass is 401 g/mol. The van der Waals surface area contributed by atoms with Gasteiger partial charge >= 0.3 is 5.97 Å². The van der Waals surface area contributed by atoms with Crippen molar-refractivity contribution < 1.29 is 19.5 Å². The number of nitrogens with zero attached hydrogens (tertiary/aromatic N) is 2. The third-order valence-corrected chi connectivity index (χ3v) is 5.17. The number of carboxylic acids is 1. The van der Waals surface area contributed by atoms with Gasteiger partial charge in [-0.1, -0.05) is 23.7 Å². The molecule has 1 aromatic heterocycles. The minimum atomic E-state index is -1.13. The van der Waals surface area contributed by atoms with E-state index in [0.29, 0.717) is 36.8 Å². The summed E-state index contributed by atoms with van der Waals surface area (Å²) in [6.07, 6.45) is 2.76. The fraction of sp³-hybridized carbons (Fsp3) is 0.300. The Labute approximate surface area is 167 Å². The van der Waals surface area contributed by atoms with Crippen molar-refractivity contribution in [1.29, 1.82) is 0 Å². The molecule has 1 aliphatic rings. The smallest absolute Gasteiger partial charge is 0.339 e. The minimum absolute atomic E-state index is 0.00164. The van der Waals surface area contributed by atoms with Crippen LogP contribution in [0.15, 0.2) is 36.5 Å². The number of anilines is 2. The van der Waals surface area contributed by atoms with Gasteiger partial charge in [0.15, 0.2) is 0 Å². The number of carbonyl (C=O) groups is 3. The van der Waals surface area contributed by atoms with E-state index in [1.54, 1.807) is 31.2 Å². The molecule has 2 heterocycles. The lowest BCUT2D eigenvalue weighted by Crippen LogP contribution is -2.37. The Balaban J connectivity index is 1.80. The van der Waals surface area contributed by atoms with Gasteiger partial charge in [0.05, 0.1) is 22.5 Å². The molecular formula is C20H20ClN3O4. The molecule has 1 amide bonds. The number of carbonyl (C=O) groups excluding carboxylic acids is 2. The summed E-state index contributed by atoms with van der Waals surface area (Å²) in [5, 5.41) is 12.5. The van der Waals surface area contributed by atoms with E-state index in [9.17, 15) is 19.5 Å². The van der Waals surface area contributed by atoms with E-state index in [1.165, 1.54) is 12.3 Å². The predicted octanol–water partition coefficient (Wildman–Crippen LogP) is 3.49. The minimum Gasteiger partial charge on any atom is -0.478 e. The first-order valence-corrected chi connectivity index (χ1v) is 9.29. The number of aromatic nitrogens is 1. The van der Waals surface area contributed by atoms with Gasteiger partial charge in [-0.3, -0.25) is 9.59 Å². The molecule has 2 N–H and O–H groups in total. The Morgan fingerprint density at radius 2 is 1.86 bits per heavy atom. The summed E-state index contributed by atoms with van der Waals surface area (Å²) in [6, 6.07) is 7.97. The predicted molar refractivity (Wildman–Crippen MR) is 106 cm³/mol. The Kier molecular flexibility index (Phi) is 5.94. The summed E-state index contributed by atoms with van der Waals surface area (Å²) in [6.45, 7) is 2.70. The number of nitrogens with one attached hydrogen (secondary N) is 1. The van der Waals surface area contributed by atoms with Gasteiger partial charge in [-0.05, 0) is 38.0 Å². The van der Waals surface area contributed by atoms with E-state index >= 15 is 0 Å². The molecule has 2 aromatic rings. The summed E-state index contributed by atoms with van der Waals surface area (Å²) in [5.74, 6) is -1.07. The molecule has 0 spiro atoms. The second-order valence-corrected chi connectivity index (χ2v) is 7.11. The van der Waals surface area contributed by atoms with Crippen LogP contribution in [0.3, 0.4) is 0 Å². The van der Waals surface area contributed by atoms with Crippen LogP contribution in [0.1, 0.15) is 40.5 Å². The standard InChI is InChI=1S/C20H20ClN3O4/c1-12(25)13-6-8-24(9-7-13)18-16(20(27)28)10-14(11-22-18)23-19(26)15-4-2-3-5-17(15)21/h2-5,10-11,13H,6-9H2,1H3,(H,23,26)(H,27,28). The van der Waals surface area contributed by atoms with E-state index in [0.717, 1.165) is 0 Å². The van der Waals surface area contributed by atoms with Crippen molar-refractivity contribution in [2.24, 2.45) is 5.92 Å². The molecular weight excluding hydrogens is 382 g/mol. The molecule has 28 heavy (non-hydrogen) atoms. The van der Waals surface area contributed by atoms with Gasteiger partial charge in [0.2, 0.25) is 0 Å². The third kappa shape index (κ3) is 4.31. The quantitative estimate of drug-likeness (QED) is 0.795. The maximum absolute atomic E-state index is 12.4. The Hall–Kier alpha value is -2.93. The largest absolute Gasteiger partial charge is 0.478 e. The normalized spacial score (nSPS) is 14.6. The molecule has 7 nitrogen and oxygen atoms in total. The first-order chi connectivity index (χ1) is 13.4.